The number of ether oxygens (including phenoxy) is 2. The van der Waals surface area contributed by atoms with Crippen LogP contribution in [-0.4, -0.2) is 84.2 Å². The Morgan fingerprint density at radius 2 is 1.17 bits per heavy atom. The largest absolute Gasteiger partial charge is 1.00 e. The van der Waals surface area contributed by atoms with Crippen LogP contribution in [0.25, 0.3) is 0 Å². The molecule has 6 rings (SSSR count). The van der Waals surface area contributed by atoms with Crippen LogP contribution in [0.2, 0.25) is 0 Å². The standard InChI is InChI=1S/C23H30BrN3O4.C15H21BrN2O2.C7H9N2O2.CH4.K.H2O/c1-22(2,3)20-26-25-19(30-20)18(28)12-14-9-10-27(21(29)31-23(4,5)6)13-15-11-16(24)7-8-17(14)15;1-15(2,3)20-14(19)18-7-6-13(17)12-5-4-11(16)8-10(12)9-18;1-7(2,3)6-9-8-5(4-10)11-6;;;/h7-8,11,14H,9-10,12-13H2,1-6H3;4-5,8,13H,6-7,9,17H2,1-3H3;1-3H3;1H4;;1H2/q;;-1;;+1;/p-1. The Kier molecular flexibility index (Phi) is 23.1. The van der Waals surface area contributed by atoms with Gasteiger partial charge < -0.3 is 44.1 Å². The Morgan fingerprint density at radius 1 is 0.723 bits per heavy atom. The summed E-state index contributed by atoms with van der Waals surface area (Å²) < 4.78 is 23.5. The number of amides is 2. The Hall–Kier alpha value is -2.88. The van der Waals surface area contributed by atoms with Crippen LogP contribution in [0.4, 0.5) is 9.59 Å². The van der Waals surface area contributed by atoms with Crippen molar-refractivity contribution in [3.05, 3.63) is 91.2 Å². The number of carbonyl (C=O) groups is 3. The predicted octanol–water partition coefficient (Wildman–Crippen LogP) is 7.50. The van der Waals surface area contributed by atoms with E-state index < -0.39 is 11.2 Å². The summed E-state index contributed by atoms with van der Waals surface area (Å²) in [4.78, 5) is 51.3. The Labute approximate surface area is 443 Å². The molecule has 2 unspecified atom stereocenters. The molecule has 0 saturated heterocycles. The average molecular weight is 1060 g/mol. The molecule has 2 aromatic carbocycles. The molecule has 2 aliphatic rings. The number of halogens is 2. The van der Waals surface area contributed by atoms with Gasteiger partial charge in [-0.05, 0) is 107 Å². The second-order valence-electron chi connectivity index (χ2n) is 19.4. The molecule has 3 N–H and O–H groups in total. The fourth-order valence-corrected chi connectivity index (χ4v) is 7.18. The molecule has 16 nitrogen and oxygen atoms in total. The SMILES string of the molecule is C.CC(C)(C)OC(=O)N1CCC(CC(=O)c2nnc(C(C)(C)C)o2)c2ccc(Br)cc2C1.CC(C)(C)OC(=O)N1CCC(N)c2ccc(Br)cc2C1.CC(C)(C)c1nnc([C-]=O)o1.[K+].[OH-]. The number of Topliss-reactive ketones (excluding diaryl/α,β-unsaturated/α-hetero) is 1. The number of benzene rings is 2. The fraction of sp³-hybridized carbons (Fsp3) is 0.565. The van der Waals surface area contributed by atoms with Crippen LogP contribution >= 0.6 is 31.9 Å². The van der Waals surface area contributed by atoms with Gasteiger partial charge in [-0.25, -0.2) is 9.59 Å². The van der Waals surface area contributed by atoms with Gasteiger partial charge in [0, 0.05) is 58.4 Å². The molecule has 0 radical (unpaired) electrons. The average Bonchev–Trinajstić information content (AvgIpc) is 3.79. The molecule has 0 bridgehead atoms. The summed E-state index contributed by atoms with van der Waals surface area (Å²) in [5.41, 5.74) is 8.86. The quantitative estimate of drug-likeness (QED) is 0.119. The third-order valence-corrected chi connectivity index (χ3v) is 10.4. The van der Waals surface area contributed by atoms with E-state index >= 15 is 0 Å². The maximum atomic E-state index is 12.9. The summed E-state index contributed by atoms with van der Waals surface area (Å²) in [6.45, 7) is 24.9. The van der Waals surface area contributed by atoms with Crippen molar-refractivity contribution in [3.63, 3.8) is 0 Å². The van der Waals surface area contributed by atoms with Crippen LogP contribution in [-0.2, 0) is 38.2 Å². The first-order chi connectivity index (χ1) is 28.6. The van der Waals surface area contributed by atoms with Crippen molar-refractivity contribution in [2.75, 3.05) is 13.1 Å². The minimum atomic E-state index is -0.568. The van der Waals surface area contributed by atoms with Crippen molar-refractivity contribution >= 4 is 56.1 Å². The van der Waals surface area contributed by atoms with Crippen molar-refractivity contribution in [2.24, 2.45) is 5.73 Å². The molecule has 65 heavy (non-hydrogen) atoms. The fourth-order valence-electron chi connectivity index (χ4n) is 6.36. The van der Waals surface area contributed by atoms with Gasteiger partial charge >= 0.3 is 63.6 Å². The van der Waals surface area contributed by atoms with Gasteiger partial charge in [-0.1, -0.05) is 93.0 Å². The van der Waals surface area contributed by atoms with Crippen molar-refractivity contribution < 1.29 is 94.3 Å². The molecule has 4 aromatic rings. The van der Waals surface area contributed by atoms with E-state index in [-0.39, 0.29) is 123 Å². The third kappa shape index (κ3) is 18.6. The van der Waals surface area contributed by atoms with Crippen molar-refractivity contribution in [2.45, 2.75) is 157 Å². The molecule has 2 amide bonds. The summed E-state index contributed by atoms with van der Waals surface area (Å²) in [7, 11) is 0. The van der Waals surface area contributed by atoms with Crippen LogP contribution in [0.15, 0.2) is 54.2 Å². The van der Waals surface area contributed by atoms with E-state index in [0.29, 0.717) is 44.4 Å². The number of hydrogen-bond donors (Lipinski definition) is 1. The zero-order valence-electron chi connectivity index (χ0n) is 39.3. The van der Waals surface area contributed by atoms with Gasteiger partial charge in [-0.2, -0.15) is 6.29 Å². The monoisotopic (exact) mass is 1060 g/mol. The van der Waals surface area contributed by atoms with Crippen LogP contribution in [0.1, 0.15) is 172 Å². The van der Waals surface area contributed by atoms with Gasteiger partial charge in [0.2, 0.25) is 17.6 Å². The number of aromatic nitrogens is 4. The van der Waals surface area contributed by atoms with E-state index in [2.05, 4.69) is 52.3 Å². The van der Waals surface area contributed by atoms with Gasteiger partial charge in [0.25, 0.3) is 5.89 Å². The van der Waals surface area contributed by atoms with Gasteiger partial charge in [0.1, 0.15) is 17.1 Å². The molecule has 0 aliphatic carbocycles. The van der Waals surface area contributed by atoms with Gasteiger partial charge in [-0.3, -0.25) is 4.79 Å². The van der Waals surface area contributed by atoms with E-state index in [1.807, 2.05) is 119 Å². The van der Waals surface area contributed by atoms with Crippen LogP contribution < -0.4 is 57.1 Å². The molecule has 4 heterocycles. The Morgan fingerprint density at radius 3 is 1.60 bits per heavy atom. The molecule has 2 aromatic heterocycles. The minimum absolute atomic E-state index is 0. The van der Waals surface area contributed by atoms with Gasteiger partial charge in [-0.15, -0.1) is 20.4 Å². The maximum Gasteiger partial charge on any atom is 1.00 e. The van der Waals surface area contributed by atoms with Gasteiger partial charge in [0.15, 0.2) is 0 Å². The Bertz CT molecular complexity index is 2210. The number of hydrogen-bond acceptors (Lipinski definition) is 14. The number of nitrogens with zero attached hydrogens (tertiary/aromatic N) is 6. The molecule has 354 valence electrons. The molecule has 0 spiro atoms. The third-order valence-electron chi connectivity index (χ3n) is 9.42. The zero-order chi connectivity index (χ0) is 46.4. The second-order valence-corrected chi connectivity index (χ2v) is 21.3. The first-order valence-electron chi connectivity index (χ1n) is 20.5. The van der Waals surface area contributed by atoms with Crippen molar-refractivity contribution in [1.29, 1.82) is 0 Å². The first-order valence-corrected chi connectivity index (χ1v) is 22.1. The van der Waals surface area contributed by atoms with Crippen LogP contribution in [0.3, 0.4) is 0 Å². The summed E-state index contributed by atoms with van der Waals surface area (Å²) >= 11 is 6.98. The number of carbonyl (C=O) groups excluding carboxylic acids is 4. The number of nitrogens with two attached hydrogens (primary N) is 1. The smallest absolute Gasteiger partial charge is 0.870 e. The minimum Gasteiger partial charge on any atom is -0.870 e. The Balaban J connectivity index is 0.000000533. The number of fused-ring (bicyclic) bond motifs is 2. The van der Waals surface area contributed by atoms with E-state index in [0.717, 1.165) is 37.6 Å². The predicted molar refractivity (Wildman–Crippen MR) is 249 cm³/mol. The molecule has 2 atom stereocenters. The van der Waals surface area contributed by atoms with E-state index in [1.165, 1.54) is 6.29 Å². The van der Waals surface area contributed by atoms with E-state index in [1.54, 1.807) is 9.80 Å². The van der Waals surface area contributed by atoms with Gasteiger partial charge in [0.05, 0.1) is 0 Å². The summed E-state index contributed by atoms with van der Waals surface area (Å²) in [6.07, 6.45) is 2.52. The van der Waals surface area contributed by atoms with E-state index in [9.17, 15) is 19.2 Å². The molecule has 2 aliphatic heterocycles. The summed E-state index contributed by atoms with van der Waals surface area (Å²) in [6, 6.07) is 12.0. The van der Waals surface area contributed by atoms with Crippen LogP contribution in [0, 0.1) is 0 Å². The zero-order valence-corrected chi connectivity index (χ0v) is 45.6. The molecule has 0 fully saturated rings. The second kappa shape index (κ2) is 24.9. The molecular weight excluding hydrogens is 993 g/mol. The first kappa shape index (κ1) is 60.1. The topological polar surface area (TPSA) is 227 Å². The normalized spacial score (nSPS) is 16.0. The summed E-state index contributed by atoms with van der Waals surface area (Å²) in [5.74, 6) is 0.598. The maximum absolute atomic E-state index is 12.9. The van der Waals surface area contributed by atoms with Crippen molar-refractivity contribution in [1.82, 2.24) is 30.2 Å². The molecule has 19 heteroatoms. The van der Waals surface area contributed by atoms with Crippen LogP contribution in [0.5, 0.6) is 0 Å². The number of ketones is 1. The number of rotatable bonds is 4. The molecular formula is C46H65Br2KN7O9-. The van der Waals surface area contributed by atoms with E-state index in [4.69, 9.17) is 24.0 Å². The molecule has 0 saturated carbocycles. The van der Waals surface area contributed by atoms with Crippen molar-refractivity contribution in [3.8, 4) is 0 Å². The summed E-state index contributed by atoms with van der Waals surface area (Å²) in [5, 5.41) is 15.1.